The van der Waals surface area contributed by atoms with Gasteiger partial charge in [-0.05, 0) is 24.3 Å². The lowest BCUT2D eigenvalue weighted by Gasteiger charge is -2.08. The van der Waals surface area contributed by atoms with Crippen molar-refractivity contribution in [3.63, 3.8) is 0 Å². The van der Waals surface area contributed by atoms with Gasteiger partial charge >= 0.3 is 5.97 Å². The Morgan fingerprint density at radius 1 is 1.22 bits per heavy atom. The summed E-state index contributed by atoms with van der Waals surface area (Å²) in [6.07, 6.45) is 1.55. The first kappa shape index (κ1) is 11.8. The predicted octanol–water partition coefficient (Wildman–Crippen LogP) is 2.10. The average Bonchev–Trinajstić information content (AvgIpc) is 2.81. The molecule has 0 aliphatic heterocycles. The van der Waals surface area contributed by atoms with Gasteiger partial charge in [0.15, 0.2) is 0 Å². The summed E-state index contributed by atoms with van der Waals surface area (Å²) in [7, 11) is 0. The number of halogens is 1. The Labute approximate surface area is 101 Å². The molecule has 1 amide bonds. The van der Waals surface area contributed by atoms with Crippen LogP contribution < -0.4 is 5.32 Å². The first-order valence-corrected chi connectivity index (χ1v) is 5.06. The van der Waals surface area contributed by atoms with Crippen molar-refractivity contribution in [3.8, 4) is 0 Å². The maximum Gasteiger partial charge on any atom is 0.340 e. The second kappa shape index (κ2) is 4.70. The number of anilines is 1. The molecule has 0 saturated heterocycles. The van der Waals surface area contributed by atoms with Crippen molar-refractivity contribution in [2.24, 2.45) is 0 Å². The number of aromatic carboxylic acids is 1. The molecule has 0 atom stereocenters. The van der Waals surface area contributed by atoms with Crippen LogP contribution in [0.5, 0.6) is 0 Å². The van der Waals surface area contributed by atoms with Gasteiger partial charge in [-0.15, -0.1) is 0 Å². The van der Waals surface area contributed by atoms with Crippen molar-refractivity contribution in [3.05, 3.63) is 53.6 Å². The number of carboxylic acids is 1. The highest BCUT2D eigenvalue weighted by Gasteiger charge is 2.17. The Balaban J connectivity index is 2.32. The number of carboxylic acid groups (broad SMARTS) is 1. The molecule has 1 heterocycles. The highest BCUT2D eigenvalue weighted by atomic mass is 19.1. The molecule has 5 nitrogen and oxygen atoms in total. The van der Waals surface area contributed by atoms with Crippen LogP contribution in [0, 0.1) is 5.82 Å². The number of nitrogens with one attached hydrogen (secondary N) is 2. The summed E-state index contributed by atoms with van der Waals surface area (Å²) in [6.45, 7) is 0. The van der Waals surface area contributed by atoms with Gasteiger partial charge in [-0.25, -0.2) is 9.18 Å². The zero-order valence-electron chi connectivity index (χ0n) is 9.11. The van der Waals surface area contributed by atoms with E-state index < -0.39 is 23.3 Å². The number of rotatable bonds is 3. The maximum atomic E-state index is 13.4. The van der Waals surface area contributed by atoms with E-state index in [4.69, 9.17) is 5.11 Å². The van der Waals surface area contributed by atoms with Gasteiger partial charge in [-0.1, -0.05) is 6.07 Å². The molecule has 2 aromatic rings. The van der Waals surface area contributed by atoms with Crippen LogP contribution in [-0.4, -0.2) is 22.0 Å². The third-order valence-corrected chi connectivity index (χ3v) is 2.32. The quantitative estimate of drug-likeness (QED) is 0.777. The summed E-state index contributed by atoms with van der Waals surface area (Å²) < 4.78 is 13.4. The molecule has 3 N–H and O–H groups in total. The van der Waals surface area contributed by atoms with E-state index in [-0.39, 0.29) is 11.4 Å². The van der Waals surface area contributed by atoms with E-state index in [0.29, 0.717) is 0 Å². The van der Waals surface area contributed by atoms with Crippen LogP contribution >= 0.6 is 0 Å². The fraction of sp³-hybridized carbons (Fsp3) is 0. The van der Waals surface area contributed by atoms with Gasteiger partial charge in [0.1, 0.15) is 17.1 Å². The van der Waals surface area contributed by atoms with Crippen molar-refractivity contribution in [2.45, 2.75) is 0 Å². The number of H-pyrrole nitrogens is 1. The standard InChI is InChI=1S/C12H9FN2O3/c13-7-3-1-4-8(10(7)12(17)18)15-11(16)9-5-2-6-14-9/h1-6,14H,(H,15,16)(H,17,18). The molecule has 2 rings (SSSR count). The summed E-state index contributed by atoms with van der Waals surface area (Å²) in [6, 6.07) is 6.82. The first-order chi connectivity index (χ1) is 8.59. The molecular formula is C12H9FN2O3. The third kappa shape index (κ3) is 2.22. The second-order valence-electron chi connectivity index (χ2n) is 3.51. The van der Waals surface area contributed by atoms with Gasteiger partial charge < -0.3 is 15.4 Å². The summed E-state index contributed by atoms with van der Waals surface area (Å²) in [5.74, 6) is -2.87. The number of aromatic nitrogens is 1. The largest absolute Gasteiger partial charge is 0.478 e. The number of aromatic amines is 1. The van der Waals surface area contributed by atoms with Crippen LogP contribution in [0.1, 0.15) is 20.8 Å². The minimum Gasteiger partial charge on any atom is -0.478 e. The number of carbonyl (C=O) groups is 2. The molecule has 1 aromatic heterocycles. The number of hydrogen-bond acceptors (Lipinski definition) is 2. The van der Waals surface area contributed by atoms with E-state index in [2.05, 4.69) is 10.3 Å². The Hall–Kier alpha value is -2.63. The number of benzene rings is 1. The zero-order valence-corrected chi connectivity index (χ0v) is 9.11. The van der Waals surface area contributed by atoms with Gasteiger partial charge in [0.05, 0.1) is 5.69 Å². The van der Waals surface area contributed by atoms with E-state index >= 15 is 0 Å². The van der Waals surface area contributed by atoms with Crippen LogP contribution in [0.4, 0.5) is 10.1 Å². The lowest BCUT2D eigenvalue weighted by molar-refractivity contribution is 0.0693. The van der Waals surface area contributed by atoms with Crippen molar-refractivity contribution in [1.82, 2.24) is 4.98 Å². The molecule has 0 unspecified atom stereocenters. The van der Waals surface area contributed by atoms with Crippen LogP contribution in [0.25, 0.3) is 0 Å². The average molecular weight is 248 g/mol. The van der Waals surface area contributed by atoms with E-state index in [1.54, 1.807) is 12.3 Å². The highest BCUT2D eigenvalue weighted by Crippen LogP contribution is 2.19. The van der Waals surface area contributed by atoms with E-state index in [0.717, 1.165) is 6.07 Å². The molecule has 18 heavy (non-hydrogen) atoms. The Morgan fingerprint density at radius 2 is 2.00 bits per heavy atom. The SMILES string of the molecule is O=C(Nc1cccc(F)c1C(=O)O)c1ccc[nH]1. The Morgan fingerprint density at radius 3 is 2.61 bits per heavy atom. The second-order valence-corrected chi connectivity index (χ2v) is 3.51. The number of amides is 1. The lowest BCUT2D eigenvalue weighted by atomic mass is 10.1. The van der Waals surface area contributed by atoms with Gasteiger partial charge in [0.2, 0.25) is 0 Å². The van der Waals surface area contributed by atoms with Crippen molar-refractivity contribution in [2.75, 3.05) is 5.32 Å². The topological polar surface area (TPSA) is 82.2 Å². The molecule has 0 spiro atoms. The minimum atomic E-state index is -1.44. The lowest BCUT2D eigenvalue weighted by Crippen LogP contribution is -2.16. The van der Waals surface area contributed by atoms with E-state index in [1.807, 2.05) is 0 Å². The Bertz CT molecular complexity index is 593. The van der Waals surface area contributed by atoms with Crippen molar-refractivity contribution < 1.29 is 19.1 Å². The molecule has 0 fully saturated rings. The molecule has 92 valence electrons. The van der Waals surface area contributed by atoms with Crippen LogP contribution in [0.2, 0.25) is 0 Å². The molecule has 0 radical (unpaired) electrons. The molecule has 6 heteroatoms. The fourth-order valence-electron chi connectivity index (χ4n) is 1.51. The van der Waals surface area contributed by atoms with Crippen LogP contribution in [0.3, 0.4) is 0 Å². The molecular weight excluding hydrogens is 239 g/mol. The molecule has 0 aliphatic rings. The summed E-state index contributed by atoms with van der Waals surface area (Å²) in [5, 5.41) is 11.2. The van der Waals surface area contributed by atoms with Crippen LogP contribution in [0.15, 0.2) is 36.5 Å². The maximum absolute atomic E-state index is 13.4. The number of carbonyl (C=O) groups excluding carboxylic acids is 1. The fourth-order valence-corrected chi connectivity index (χ4v) is 1.51. The van der Waals surface area contributed by atoms with E-state index in [9.17, 15) is 14.0 Å². The van der Waals surface area contributed by atoms with Gasteiger partial charge in [-0.3, -0.25) is 4.79 Å². The summed E-state index contributed by atoms with van der Waals surface area (Å²) in [5.41, 5.74) is -0.380. The summed E-state index contributed by atoms with van der Waals surface area (Å²) >= 11 is 0. The molecule has 0 aliphatic carbocycles. The molecule has 1 aromatic carbocycles. The highest BCUT2D eigenvalue weighted by molar-refractivity contribution is 6.06. The molecule has 0 saturated carbocycles. The summed E-state index contributed by atoms with van der Waals surface area (Å²) in [4.78, 5) is 25.3. The zero-order chi connectivity index (χ0) is 13.1. The predicted molar refractivity (Wildman–Crippen MR) is 62.1 cm³/mol. The normalized spacial score (nSPS) is 10.1. The van der Waals surface area contributed by atoms with Gasteiger partial charge in [0, 0.05) is 6.20 Å². The van der Waals surface area contributed by atoms with Crippen molar-refractivity contribution >= 4 is 17.6 Å². The smallest absolute Gasteiger partial charge is 0.340 e. The van der Waals surface area contributed by atoms with Crippen LogP contribution in [-0.2, 0) is 0 Å². The molecule has 0 bridgehead atoms. The minimum absolute atomic E-state index is 0.0814. The van der Waals surface area contributed by atoms with Gasteiger partial charge in [0.25, 0.3) is 5.91 Å². The monoisotopic (exact) mass is 248 g/mol. The van der Waals surface area contributed by atoms with Gasteiger partial charge in [-0.2, -0.15) is 0 Å². The first-order valence-electron chi connectivity index (χ1n) is 5.06. The number of hydrogen-bond donors (Lipinski definition) is 3. The Kier molecular flexibility index (Phi) is 3.09. The van der Waals surface area contributed by atoms with E-state index in [1.165, 1.54) is 18.2 Å². The third-order valence-electron chi connectivity index (χ3n) is 2.32. The van der Waals surface area contributed by atoms with Crippen molar-refractivity contribution in [1.29, 1.82) is 0 Å².